The van der Waals surface area contributed by atoms with Crippen LogP contribution < -0.4 is 9.37 Å². The molecule has 1 N–H and O–H groups in total. The molecule has 0 spiro atoms. The topological polar surface area (TPSA) is 30.0 Å². The van der Waals surface area contributed by atoms with Gasteiger partial charge in [0.2, 0.25) is 0 Å². The maximum Gasteiger partial charge on any atom is 0.148 e. The normalized spacial score (nSPS) is 17.0. The molecule has 1 aliphatic rings. The molecule has 1 saturated heterocycles. The highest BCUT2D eigenvalue weighted by Gasteiger charge is 2.18. The predicted octanol–water partition coefficient (Wildman–Crippen LogP) is 2.05. The van der Waals surface area contributed by atoms with E-state index in [1.165, 1.54) is 6.07 Å². The first-order valence-electron chi connectivity index (χ1n) is 5.88. The molecule has 1 heterocycles. The van der Waals surface area contributed by atoms with E-state index in [0.29, 0.717) is 11.4 Å². The molecule has 0 bridgehead atoms. The summed E-state index contributed by atoms with van der Waals surface area (Å²) in [4.78, 5) is 4.27. The van der Waals surface area contributed by atoms with Crippen LogP contribution in [0.4, 0.5) is 15.8 Å². The van der Waals surface area contributed by atoms with Crippen LogP contribution in [0.2, 0.25) is 0 Å². The maximum atomic E-state index is 14.0. The molecule has 0 amide bonds. The summed E-state index contributed by atoms with van der Waals surface area (Å²) in [6.07, 6.45) is 1.73. The highest BCUT2D eigenvalue weighted by Crippen LogP contribution is 2.27. The Bertz CT molecular complexity index is 410. The average Bonchev–Trinajstić information content (AvgIpc) is 2.39. The Morgan fingerprint density at radius 2 is 1.94 bits per heavy atom. The van der Waals surface area contributed by atoms with E-state index in [2.05, 4.69) is 11.9 Å². The largest absolute Gasteiger partial charge is 0.367 e. The van der Waals surface area contributed by atoms with Gasteiger partial charge in [0, 0.05) is 38.5 Å². The molecule has 4 nitrogen and oxygen atoms in total. The number of anilines is 2. The van der Waals surface area contributed by atoms with Crippen molar-refractivity contribution >= 4 is 23.3 Å². The van der Waals surface area contributed by atoms with Crippen LogP contribution in [0.5, 0.6) is 0 Å². The van der Waals surface area contributed by atoms with E-state index >= 15 is 0 Å². The molecule has 0 unspecified atom stereocenters. The number of hydrogen-bond donors (Lipinski definition) is 1. The summed E-state index contributed by atoms with van der Waals surface area (Å²) >= 11 is 1.13. The number of rotatable bonds is 3. The van der Waals surface area contributed by atoms with Crippen molar-refractivity contribution in [3.05, 3.63) is 24.0 Å². The fraction of sp³-hybridized carbons (Fsp3) is 0.500. The summed E-state index contributed by atoms with van der Waals surface area (Å²) in [5.41, 5.74) is 1.07. The number of halogens is 1. The number of hydrogen-bond acceptors (Lipinski definition) is 5. The summed E-state index contributed by atoms with van der Waals surface area (Å²) < 4.78 is 15.0. The van der Waals surface area contributed by atoms with Crippen LogP contribution in [0.25, 0.3) is 0 Å². The first kappa shape index (κ1) is 13.5. The van der Waals surface area contributed by atoms with Gasteiger partial charge in [0.05, 0.1) is 11.4 Å². The third-order valence-electron chi connectivity index (χ3n) is 3.17. The van der Waals surface area contributed by atoms with Gasteiger partial charge < -0.3 is 9.80 Å². The van der Waals surface area contributed by atoms with Crippen molar-refractivity contribution in [1.82, 2.24) is 4.90 Å². The van der Waals surface area contributed by atoms with Gasteiger partial charge in [0.1, 0.15) is 5.82 Å². The van der Waals surface area contributed by atoms with Gasteiger partial charge in [-0.1, -0.05) is 0 Å². The Labute approximate surface area is 111 Å². The van der Waals surface area contributed by atoms with Crippen molar-refractivity contribution in [3.63, 3.8) is 0 Å². The van der Waals surface area contributed by atoms with Gasteiger partial charge in [-0.3, -0.25) is 5.21 Å². The molecule has 1 aliphatic heterocycles. The molecule has 2 rings (SSSR count). The first-order valence-corrected chi connectivity index (χ1v) is 7.06. The molecule has 6 heteroatoms. The fourth-order valence-electron chi connectivity index (χ4n) is 2.02. The van der Waals surface area contributed by atoms with Crippen LogP contribution in [0.1, 0.15) is 0 Å². The van der Waals surface area contributed by atoms with E-state index in [1.807, 2.05) is 4.90 Å². The van der Waals surface area contributed by atoms with E-state index in [9.17, 15) is 9.60 Å². The molecular formula is C12H18FN3OS. The molecule has 0 radical (unpaired) electrons. The first-order chi connectivity index (χ1) is 8.61. The second kappa shape index (κ2) is 5.77. The zero-order valence-corrected chi connectivity index (χ0v) is 11.5. The lowest BCUT2D eigenvalue weighted by Crippen LogP contribution is -2.44. The monoisotopic (exact) mass is 271 g/mol. The van der Waals surface area contributed by atoms with E-state index in [1.54, 1.807) is 18.4 Å². The SMILES string of the molecule is CSN(O)c1ccc(N2CCN(C)CC2)c(F)c1. The molecular weight excluding hydrogens is 253 g/mol. The predicted molar refractivity (Wildman–Crippen MR) is 73.9 cm³/mol. The van der Waals surface area contributed by atoms with Crippen molar-refractivity contribution in [2.45, 2.75) is 0 Å². The summed E-state index contributed by atoms with van der Waals surface area (Å²) in [5.74, 6) is -0.287. The summed E-state index contributed by atoms with van der Waals surface area (Å²) in [5, 5.41) is 9.50. The Morgan fingerprint density at radius 1 is 1.28 bits per heavy atom. The highest BCUT2D eigenvalue weighted by atomic mass is 32.2. The maximum absolute atomic E-state index is 14.0. The van der Waals surface area contributed by atoms with Crippen LogP contribution in [0, 0.1) is 5.82 Å². The Morgan fingerprint density at radius 3 is 2.50 bits per heavy atom. The third kappa shape index (κ3) is 2.88. The standard InChI is InChI=1S/C12H18FN3OS/c1-14-5-7-15(8-6-14)12-4-3-10(9-11(12)13)16(17)18-2/h3-4,9,17H,5-8H2,1-2H3. The molecule has 0 aromatic heterocycles. The number of piperazine rings is 1. The van der Waals surface area contributed by atoms with Gasteiger partial charge in [0.25, 0.3) is 0 Å². The zero-order chi connectivity index (χ0) is 13.1. The smallest absolute Gasteiger partial charge is 0.148 e. The summed E-state index contributed by atoms with van der Waals surface area (Å²) in [6.45, 7) is 3.55. The van der Waals surface area contributed by atoms with Gasteiger partial charge in [0.15, 0.2) is 0 Å². The lowest BCUT2D eigenvalue weighted by molar-refractivity contribution is 0.311. The van der Waals surface area contributed by atoms with Gasteiger partial charge in [-0.2, -0.15) is 4.47 Å². The summed E-state index contributed by atoms with van der Waals surface area (Å²) in [7, 11) is 2.07. The molecule has 1 aromatic rings. The molecule has 1 aromatic carbocycles. The van der Waals surface area contributed by atoms with Crippen molar-refractivity contribution < 1.29 is 9.60 Å². The minimum absolute atomic E-state index is 0.287. The van der Waals surface area contributed by atoms with Crippen LogP contribution in [-0.4, -0.2) is 49.6 Å². The van der Waals surface area contributed by atoms with Gasteiger partial charge in [-0.15, -0.1) is 0 Å². The van der Waals surface area contributed by atoms with Crippen LogP contribution >= 0.6 is 11.9 Å². The number of likely N-dealkylation sites (N-methyl/N-ethyl adjacent to an activating group) is 1. The Balaban J connectivity index is 2.14. The van der Waals surface area contributed by atoms with Gasteiger partial charge >= 0.3 is 0 Å². The Hall–Kier alpha value is -0.980. The number of nitrogens with zero attached hydrogens (tertiary/aromatic N) is 3. The number of benzene rings is 1. The van der Waals surface area contributed by atoms with Gasteiger partial charge in [-0.25, -0.2) is 4.39 Å². The van der Waals surface area contributed by atoms with Crippen LogP contribution in [0.3, 0.4) is 0 Å². The highest BCUT2D eigenvalue weighted by molar-refractivity contribution is 7.99. The molecule has 0 atom stereocenters. The molecule has 0 saturated carbocycles. The quantitative estimate of drug-likeness (QED) is 0.671. The lowest BCUT2D eigenvalue weighted by atomic mass is 10.2. The minimum Gasteiger partial charge on any atom is -0.367 e. The van der Waals surface area contributed by atoms with Gasteiger partial charge in [-0.05, 0) is 31.1 Å². The van der Waals surface area contributed by atoms with Crippen molar-refractivity contribution in [1.29, 1.82) is 0 Å². The van der Waals surface area contributed by atoms with Crippen LogP contribution in [0.15, 0.2) is 18.2 Å². The minimum atomic E-state index is -0.287. The third-order valence-corrected chi connectivity index (χ3v) is 3.73. The van der Waals surface area contributed by atoms with E-state index in [-0.39, 0.29) is 5.82 Å². The van der Waals surface area contributed by atoms with E-state index in [4.69, 9.17) is 0 Å². The molecule has 0 aliphatic carbocycles. The zero-order valence-electron chi connectivity index (χ0n) is 10.6. The molecule has 100 valence electrons. The second-order valence-corrected chi connectivity index (χ2v) is 5.09. The van der Waals surface area contributed by atoms with Crippen molar-refractivity contribution in [2.75, 3.05) is 48.9 Å². The lowest BCUT2D eigenvalue weighted by Gasteiger charge is -2.34. The van der Waals surface area contributed by atoms with Crippen molar-refractivity contribution in [2.24, 2.45) is 0 Å². The second-order valence-electron chi connectivity index (χ2n) is 4.38. The summed E-state index contributed by atoms with van der Waals surface area (Å²) in [6, 6.07) is 4.83. The fourth-order valence-corrected chi connectivity index (χ4v) is 2.35. The van der Waals surface area contributed by atoms with Crippen molar-refractivity contribution in [3.8, 4) is 0 Å². The van der Waals surface area contributed by atoms with E-state index < -0.39 is 0 Å². The average molecular weight is 271 g/mol. The molecule has 18 heavy (non-hydrogen) atoms. The van der Waals surface area contributed by atoms with Crippen LogP contribution in [-0.2, 0) is 0 Å². The molecule has 1 fully saturated rings. The van der Waals surface area contributed by atoms with E-state index in [0.717, 1.165) is 42.6 Å². The Kier molecular flexibility index (Phi) is 4.31.